The Balaban J connectivity index is 0.00000289. The minimum absolute atomic E-state index is 0. The molecule has 0 bridgehead atoms. The molecule has 1 saturated heterocycles. The number of nitrogens with one attached hydrogen (secondary N) is 1. The highest BCUT2D eigenvalue weighted by Gasteiger charge is 2.25. The predicted molar refractivity (Wildman–Crippen MR) is 147 cm³/mol. The molecule has 1 aliphatic rings. The molecule has 3 aromatic carbocycles. The maximum atomic E-state index is 12.9. The Morgan fingerprint density at radius 2 is 1.49 bits per heavy atom. The summed E-state index contributed by atoms with van der Waals surface area (Å²) in [4.78, 5) is 5.00. The van der Waals surface area contributed by atoms with E-state index in [2.05, 4.69) is 10.3 Å². The van der Waals surface area contributed by atoms with Crippen molar-refractivity contribution in [2.45, 2.75) is 24.2 Å². The molecule has 1 aliphatic heterocycles. The van der Waals surface area contributed by atoms with Crippen molar-refractivity contribution in [3.05, 3.63) is 84.2 Å². The summed E-state index contributed by atoms with van der Waals surface area (Å²) in [5.74, 6) is 1.55. The third-order valence-electron chi connectivity index (χ3n) is 5.69. The largest absolute Gasteiger partial charge is 0.457 e. The van der Waals surface area contributed by atoms with Crippen LogP contribution in [0.2, 0.25) is 0 Å². The predicted octanol–water partition coefficient (Wildman–Crippen LogP) is 7.10. The third kappa shape index (κ3) is 6.10. The van der Waals surface area contributed by atoms with Gasteiger partial charge >= 0.3 is 0 Å². The highest BCUT2D eigenvalue weighted by atomic mass is 79.9. The van der Waals surface area contributed by atoms with Gasteiger partial charge in [0, 0.05) is 29.7 Å². The molecule has 182 valence electrons. The molecule has 0 aliphatic carbocycles. The lowest BCUT2D eigenvalue weighted by atomic mass is 10.2. The van der Waals surface area contributed by atoms with Gasteiger partial charge < -0.3 is 10.1 Å². The van der Waals surface area contributed by atoms with E-state index in [0.29, 0.717) is 18.0 Å². The average molecular weight is 573 g/mol. The van der Waals surface area contributed by atoms with Gasteiger partial charge in [0.15, 0.2) is 5.13 Å². The van der Waals surface area contributed by atoms with Crippen molar-refractivity contribution in [3.63, 3.8) is 0 Å². The van der Waals surface area contributed by atoms with Gasteiger partial charge in [-0.1, -0.05) is 36.8 Å². The summed E-state index contributed by atoms with van der Waals surface area (Å²) >= 11 is 1.50. The first-order valence-electron chi connectivity index (χ1n) is 11.2. The van der Waals surface area contributed by atoms with E-state index < -0.39 is 10.0 Å². The lowest BCUT2D eigenvalue weighted by Crippen LogP contribution is -2.35. The van der Waals surface area contributed by atoms with E-state index in [1.165, 1.54) is 11.3 Å². The van der Waals surface area contributed by atoms with Gasteiger partial charge in [-0.2, -0.15) is 4.31 Å². The maximum Gasteiger partial charge on any atom is 0.243 e. The topological polar surface area (TPSA) is 71.5 Å². The summed E-state index contributed by atoms with van der Waals surface area (Å²) in [6.07, 6.45) is 2.94. The molecule has 0 radical (unpaired) electrons. The molecule has 4 aromatic rings. The van der Waals surface area contributed by atoms with Crippen LogP contribution in [0.15, 0.2) is 89.1 Å². The Morgan fingerprint density at radius 3 is 2.17 bits per heavy atom. The zero-order valence-corrected chi connectivity index (χ0v) is 22.3. The molecule has 0 saturated carbocycles. The van der Waals surface area contributed by atoms with Gasteiger partial charge in [0.1, 0.15) is 11.5 Å². The minimum Gasteiger partial charge on any atom is -0.457 e. The number of hydrogen-bond donors (Lipinski definition) is 1. The van der Waals surface area contributed by atoms with Gasteiger partial charge in [0.25, 0.3) is 0 Å². The Bertz CT molecular complexity index is 1340. The van der Waals surface area contributed by atoms with Gasteiger partial charge in [-0.3, -0.25) is 0 Å². The number of ether oxygens (including phenoxy) is 1. The highest BCUT2D eigenvalue weighted by Crippen LogP contribution is 2.30. The molecule has 0 amide bonds. The summed E-state index contributed by atoms with van der Waals surface area (Å²) in [6.45, 7) is 1.20. The fourth-order valence-electron chi connectivity index (χ4n) is 3.87. The molecule has 1 aromatic heterocycles. The summed E-state index contributed by atoms with van der Waals surface area (Å²) < 4.78 is 33.1. The number of sulfonamides is 1. The standard InChI is InChI=1S/C26H25N3O3S2.BrH/c30-34(31,29-17-5-2-6-18-29)24-15-9-20(10-16-24)25-19-33-26(28-25)27-21-11-13-23(14-12-21)32-22-7-3-1-4-8-22;/h1,3-4,7-16,19H,2,5-6,17-18H2,(H,27,28);1H. The number of benzene rings is 3. The van der Waals surface area contributed by atoms with Crippen molar-refractivity contribution in [1.29, 1.82) is 0 Å². The van der Waals surface area contributed by atoms with Crippen LogP contribution in [-0.4, -0.2) is 30.8 Å². The van der Waals surface area contributed by atoms with Crippen LogP contribution < -0.4 is 10.1 Å². The van der Waals surface area contributed by atoms with Crippen LogP contribution in [0.3, 0.4) is 0 Å². The summed E-state index contributed by atoms with van der Waals surface area (Å²) in [5, 5.41) is 6.04. The Hall–Kier alpha value is -2.72. The van der Waals surface area contributed by atoms with Gasteiger partial charge in [-0.25, -0.2) is 13.4 Å². The molecule has 2 heterocycles. The SMILES string of the molecule is Br.O=S(=O)(c1ccc(-c2csc(Nc3ccc(Oc4ccccc4)cc3)n2)cc1)N1CCCCC1. The van der Waals surface area contributed by atoms with Crippen molar-refractivity contribution in [3.8, 4) is 22.8 Å². The quantitative estimate of drug-likeness (QED) is 0.256. The first-order chi connectivity index (χ1) is 16.6. The Labute approximate surface area is 220 Å². The third-order valence-corrected chi connectivity index (χ3v) is 8.36. The van der Waals surface area contributed by atoms with Crippen molar-refractivity contribution in [2.75, 3.05) is 18.4 Å². The number of halogens is 1. The fourth-order valence-corrected chi connectivity index (χ4v) is 6.13. The number of thiazole rings is 1. The first-order valence-corrected chi connectivity index (χ1v) is 13.6. The second-order valence-electron chi connectivity index (χ2n) is 8.09. The number of nitrogens with zero attached hydrogens (tertiary/aromatic N) is 2. The molecular formula is C26H26BrN3O3S2. The Morgan fingerprint density at radius 1 is 0.829 bits per heavy atom. The second-order valence-corrected chi connectivity index (χ2v) is 10.9. The second kappa shape index (κ2) is 11.3. The molecule has 35 heavy (non-hydrogen) atoms. The van der Waals surface area contributed by atoms with Crippen molar-refractivity contribution < 1.29 is 13.2 Å². The van der Waals surface area contributed by atoms with E-state index in [1.807, 2.05) is 72.1 Å². The van der Waals surface area contributed by atoms with Gasteiger partial charge in [-0.15, -0.1) is 28.3 Å². The van der Waals surface area contributed by atoms with E-state index in [-0.39, 0.29) is 17.0 Å². The fraction of sp³-hybridized carbons (Fsp3) is 0.192. The van der Waals surface area contributed by atoms with Crippen LogP contribution in [0.5, 0.6) is 11.5 Å². The van der Waals surface area contributed by atoms with Crippen molar-refractivity contribution in [2.24, 2.45) is 0 Å². The van der Waals surface area contributed by atoms with E-state index in [1.54, 1.807) is 16.4 Å². The normalized spacial score (nSPS) is 14.2. The Kier molecular flexibility index (Phi) is 8.22. The van der Waals surface area contributed by atoms with E-state index in [4.69, 9.17) is 4.74 Å². The molecule has 0 unspecified atom stereocenters. The lowest BCUT2D eigenvalue weighted by Gasteiger charge is -2.25. The van der Waals surface area contributed by atoms with E-state index >= 15 is 0 Å². The van der Waals surface area contributed by atoms with Crippen LogP contribution >= 0.6 is 28.3 Å². The molecule has 6 nitrogen and oxygen atoms in total. The lowest BCUT2D eigenvalue weighted by molar-refractivity contribution is 0.346. The van der Waals surface area contributed by atoms with Crippen LogP contribution in [0.1, 0.15) is 19.3 Å². The van der Waals surface area contributed by atoms with Gasteiger partial charge in [0.05, 0.1) is 10.6 Å². The molecule has 5 rings (SSSR count). The highest BCUT2D eigenvalue weighted by molar-refractivity contribution is 8.93. The van der Waals surface area contributed by atoms with Crippen LogP contribution in [0.4, 0.5) is 10.8 Å². The van der Waals surface area contributed by atoms with Crippen LogP contribution in [0.25, 0.3) is 11.3 Å². The number of anilines is 2. The van der Waals surface area contributed by atoms with Crippen LogP contribution in [0, 0.1) is 0 Å². The van der Waals surface area contributed by atoms with E-state index in [9.17, 15) is 8.42 Å². The maximum absolute atomic E-state index is 12.9. The molecule has 9 heteroatoms. The van der Waals surface area contributed by atoms with Crippen LogP contribution in [-0.2, 0) is 10.0 Å². The summed E-state index contributed by atoms with van der Waals surface area (Å²) in [5.41, 5.74) is 2.59. The number of para-hydroxylation sites is 1. The summed E-state index contributed by atoms with van der Waals surface area (Å²) in [7, 11) is -3.43. The summed E-state index contributed by atoms with van der Waals surface area (Å²) in [6, 6.07) is 24.4. The first kappa shape index (κ1) is 25.4. The number of hydrogen-bond acceptors (Lipinski definition) is 6. The zero-order chi connectivity index (χ0) is 23.4. The number of rotatable bonds is 7. The zero-order valence-electron chi connectivity index (χ0n) is 19.0. The molecular weight excluding hydrogens is 546 g/mol. The monoisotopic (exact) mass is 571 g/mol. The average Bonchev–Trinajstić information content (AvgIpc) is 3.35. The van der Waals surface area contributed by atoms with Crippen molar-refractivity contribution >= 4 is 49.2 Å². The molecule has 0 atom stereocenters. The van der Waals surface area contributed by atoms with Gasteiger partial charge in [-0.05, 0) is 61.4 Å². The number of aromatic nitrogens is 1. The minimum atomic E-state index is -3.43. The number of piperidine rings is 1. The molecule has 1 fully saturated rings. The molecule has 0 spiro atoms. The van der Waals surface area contributed by atoms with E-state index in [0.717, 1.165) is 52.8 Å². The smallest absolute Gasteiger partial charge is 0.243 e. The van der Waals surface area contributed by atoms with Crippen molar-refractivity contribution in [1.82, 2.24) is 9.29 Å². The molecule has 1 N–H and O–H groups in total. The van der Waals surface area contributed by atoms with Gasteiger partial charge in [0.2, 0.25) is 10.0 Å².